The zero-order chi connectivity index (χ0) is 39.6. The molecule has 0 aliphatic rings. The minimum absolute atomic E-state index is 0.635. The van der Waals surface area contributed by atoms with Crippen molar-refractivity contribution in [3.8, 4) is 67.5 Å². The van der Waals surface area contributed by atoms with Crippen LogP contribution in [0.3, 0.4) is 0 Å². The molecule has 0 saturated carbocycles. The summed E-state index contributed by atoms with van der Waals surface area (Å²) in [6.45, 7) is 0. The summed E-state index contributed by atoms with van der Waals surface area (Å²) in [6.07, 6.45) is 0. The van der Waals surface area contributed by atoms with E-state index >= 15 is 0 Å². The van der Waals surface area contributed by atoms with Gasteiger partial charge in [0.25, 0.3) is 0 Å². The molecule has 0 fully saturated rings. The van der Waals surface area contributed by atoms with E-state index in [1.54, 1.807) is 0 Å². The van der Waals surface area contributed by atoms with Gasteiger partial charge in [-0.2, -0.15) is 0 Å². The predicted molar refractivity (Wildman–Crippen MR) is 250 cm³/mol. The van der Waals surface area contributed by atoms with Crippen molar-refractivity contribution in [2.45, 2.75) is 0 Å². The lowest BCUT2D eigenvalue weighted by atomic mass is 9.95. The Hall–Kier alpha value is -7.73. The Kier molecular flexibility index (Phi) is 8.00. The number of rotatable bonds is 6. The third-order valence-corrected chi connectivity index (χ3v) is 12.7. The van der Waals surface area contributed by atoms with E-state index in [1.807, 2.05) is 72.0 Å². The molecule has 0 atom stereocenters. The van der Waals surface area contributed by atoms with Gasteiger partial charge in [0.1, 0.15) is 11.2 Å². The van der Waals surface area contributed by atoms with E-state index in [9.17, 15) is 0 Å². The summed E-state index contributed by atoms with van der Waals surface area (Å²) in [5.74, 6) is 1.93. The third-order valence-electron chi connectivity index (χ3n) is 11.5. The van der Waals surface area contributed by atoms with E-state index in [2.05, 4.69) is 140 Å². The van der Waals surface area contributed by atoms with E-state index < -0.39 is 0 Å². The highest BCUT2D eigenvalue weighted by Gasteiger charge is 2.20. The van der Waals surface area contributed by atoms with Crippen LogP contribution in [0.25, 0.3) is 120 Å². The molecule has 280 valence electrons. The summed E-state index contributed by atoms with van der Waals surface area (Å²) in [5, 5.41) is 7.29. The summed E-state index contributed by atoms with van der Waals surface area (Å²) < 4.78 is 9.27. The standard InChI is InChI=1S/C55H33N3OS/c1-3-13-36(14-4-1)53-56-54(37-15-5-2-6-16-37)58-55(57-53)38-25-22-35(23-26-38)40-18-11-19-43(31-40)45-33-47-46-32-42(41-27-24-34-12-7-8-17-39(34)30-41)28-29-49(46)60-52(47)50-44-20-9-10-21-48(44)59-51(45)50/h1-33H. The van der Waals surface area contributed by atoms with E-state index in [1.165, 1.54) is 47.5 Å². The molecule has 3 heterocycles. The monoisotopic (exact) mass is 783 g/mol. The van der Waals surface area contributed by atoms with Crippen LogP contribution in [-0.4, -0.2) is 15.0 Å². The summed E-state index contributed by atoms with van der Waals surface area (Å²) in [7, 11) is 0. The van der Waals surface area contributed by atoms with Crippen LogP contribution in [0.2, 0.25) is 0 Å². The quantitative estimate of drug-likeness (QED) is 0.169. The molecule has 9 aromatic carbocycles. The van der Waals surface area contributed by atoms with Crippen LogP contribution < -0.4 is 0 Å². The summed E-state index contributed by atoms with van der Waals surface area (Å²) in [4.78, 5) is 14.8. The first-order chi connectivity index (χ1) is 29.7. The van der Waals surface area contributed by atoms with Gasteiger partial charge in [-0.25, -0.2) is 15.0 Å². The predicted octanol–water partition coefficient (Wildman–Crippen LogP) is 15.3. The Labute approximate surface area is 349 Å². The molecule has 0 aliphatic carbocycles. The van der Waals surface area contributed by atoms with Gasteiger partial charge in [-0.1, -0.05) is 164 Å². The lowest BCUT2D eigenvalue weighted by molar-refractivity contribution is 0.670. The zero-order valence-electron chi connectivity index (χ0n) is 32.2. The number of nitrogens with zero attached hydrogens (tertiary/aromatic N) is 3. The van der Waals surface area contributed by atoms with Crippen molar-refractivity contribution in [3.05, 3.63) is 200 Å². The number of benzene rings is 9. The number of hydrogen-bond donors (Lipinski definition) is 0. The van der Waals surface area contributed by atoms with Gasteiger partial charge in [0.15, 0.2) is 17.5 Å². The van der Waals surface area contributed by atoms with Crippen molar-refractivity contribution in [1.29, 1.82) is 0 Å². The number of furan rings is 1. The van der Waals surface area contributed by atoms with E-state index in [0.29, 0.717) is 17.5 Å². The highest BCUT2D eigenvalue weighted by atomic mass is 32.1. The Bertz CT molecular complexity index is 3530. The van der Waals surface area contributed by atoms with Gasteiger partial charge in [0, 0.05) is 53.2 Å². The lowest BCUT2D eigenvalue weighted by Crippen LogP contribution is -2.00. The maximum Gasteiger partial charge on any atom is 0.164 e. The molecule has 0 N–H and O–H groups in total. The summed E-state index contributed by atoms with van der Waals surface area (Å²) >= 11 is 1.85. The summed E-state index contributed by atoms with van der Waals surface area (Å²) in [5.41, 5.74) is 11.4. The molecular weight excluding hydrogens is 751 g/mol. The molecular formula is C55H33N3OS. The fourth-order valence-electron chi connectivity index (χ4n) is 8.49. The Morgan fingerprint density at radius 1 is 0.350 bits per heavy atom. The number of para-hydroxylation sites is 1. The highest BCUT2D eigenvalue weighted by Crippen LogP contribution is 2.47. The second-order valence-electron chi connectivity index (χ2n) is 15.2. The first kappa shape index (κ1) is 34.3. The molecule has 60 heavy (non-hydrogen) atoms. The normalized spacial score (nSPS) is 11.7. The second kappa shape index (κ2) is 14.0. The van der Waals surface area contributed by atoms with Crippen molar-refractivity contribution >= 4 is 64.2 Å². The fraction of sp³-hybridized carbons (Fsp3) is 0. The van der Waals surface area contributed by atoms with Crippen molar-refractivity contribution in [2.75, 3.05) is 0 Å². The summed E-state index contributed by atoms with van der Waals surface area (Å²) in [6, 6.07) is 70.5. The largest absolute Gasteiger partial charge is 0.455 e. The van der Waals surface area contributed by atoms with E-state index in [0.717, 1.165) is 55.5 Å². The van der Waals surface area contributed by atoms with Gasteiger partial charge in [-0.05, 0) is 75.0 Å². The van der Waals surface area contributed by atoms with Gasteiger partial charge >= 0.3 is 0 Å². The molecule has 0 saturated heterocycles. The fourth-order valence-corrected chi connectivity index (χ4v) is 9.71. The molecule has 5 heteroatoms. The maximum atomic E-state index is 6.76. The average molecular weight is 784 g/mol. The van der Waals surface area contributed by atoms with Crippen LogP contribution in [-0.2, 0) is 0 Å². The molecule has 4 nitrogen and oxygen atoms in total. The molecule has 0 amide bonds. The second-order valence-corrected chi connectivity index (χ2v) is 16.2. The van der Waals surface area contributed by atoms with E-state index in [-0.39, 0.29) is 0 Å². The van der Waals surface area contributed by atoms with Crippen LogP contribution >= 0.6 is 11.3 Å². The molecule has 0 radical (unpaired) electrons. The van der Waals surface area contributed by atoms with Gasteiger partial charge in [-0.15, -0.1) is 11.3 Å². The molecule has 3 aromatic heterocycles. The van der Waals surface area contributed by atoms with Gasteiger partial charge in [0.2, 0.25) is 0 Å². The van der Waals surface area contributed by atoms with Gasteiger partial charge in [-0.3, -0.25) is 0 Å². The molecule has 0 spiro atoms. The highest BCUT2D eigenvalue weighted by molar-refractivity contribution is 7.26. The molecule has 0 bridgehead atoms. The average Bonchev–Trinajstić information content (AvgIpc) is 3.90. The third kappa shape index (κ3) is 5.86. The van der Waals surface area contributed by atoms with Crippen LogP contribution in [0.4, 0.5) is 0 Å². The molecule has 12 rings (SSSR count). The Morgan fingerprint density at radius 2 is 0.900 bits per heavy atom. The van der Waals surface area contributed by atoms with Crippen molar-refractivity contribution in [2.24, 2.45) is 0 Å². The Balaban J connectivity index is 0.969. The minimum Gasteiger partial charge on any atom is -0.455 e. The number of aromatic nitrogens is 3. The van der Waals surface area contributed by atoms with Crippen LogP contribution in [0.5, 0.6) is 0 Å². The van der Waals surface area contributed by atoms with Crippen molar-refractivity contribution in [3.63, 3.8) is 0 Å². The van der Waals surface area contributed by atoms with Gasteiger partial charge < -0.3 is 4.42 Å². The van der Waals surface area contributed by atoms with Crippen LogP contribution in [0.1, 0.15) is 0 Å². The maximum absolute atomic E-state index is 6.76. The number of fused-ring (bicyclic) bond motifs is 8. The van der Waals surface area contributed by atoms with Crippen LogP contribution in [0, 0.1) is 0 Å². The number of thiophene rings is 1. The van der Waals surface area contributed by atoms with Crippen LogP contribution in [0.15, 0.2) is 205 Å². The molecule has 0 aliphatic heterocycles. The molecule has 12 aromatic rings. The SMILES string of the molecule is c1ccc(-c2nc(-c3ccccc3)nc(-c3ccc(-c4cccc(-c5cc6c7cc(-c8ccc9ccccc9c8)ccc7sc6c6c5oc5ccccc56)c4)cc3)n2)cc1. The molecule has 0 unspecified atom stereocenters. The smallest absolute Gasteiger partial charge is 0.164 e. The zero-order valence-corrected chi connectivity index (χ0v) is 33.0. The minimum atomic E-state index is 0.635. The lowest BCUT2D eigenvalue weighted by Gasteiger charge is -2.10. The first-order valence-corrected chi connectivity index (χ1v) is 20.9. The Morgan fingerprint density at radius 3 is 1.65 bits per heavy atom. The van der Waals surface area contributed by atoms with Crippen molar-refractivity contribution in [1.82, 2.24) is 15.0 Å². The number of hydrogen-bond acceptors (Lipinski definition) is 5. The van der Waals surface area contributed by atoms with Crippen molar-refractivity contribution < 1.29 is 4.42 Å². The first-order valence-electron chi connectivity index (χ1n) is 20.1. The van der Waals surface area contributed by atoms with E-state index in [4.69, 9.17) is 19.4 Å². The topological polar surface area (TPSA) is 51.8 Å². The van der Waals surface area contributed by atoms with Gasteiger partial charge in [0.05, 0.1) is 0 Å².